The second-order valence-electron chi connectivity index (χ2n) is 6.93. The van der Waals surface area contributed by atoms with Gasteiger partial charge in [-0.3, -0.25) is 15.0 Å². The normalized spacial score (nSPS) is 12.2. The number of amides is 3. The fourth-order valence-corrected chi connectivity index (χ4v) is 3.89. The van der Waals surface area contributed by atoms with Crippen LogP contribution >= 0.6 is 11.3 Å². The predicted octanol–water partition coefficient (Wildman–Crippen LogP) is 4.08. The molecule has 3 aromatic rings. The Morgan fingerprint density at radius 3 is 2.64 bits per heavy atom. The van der Waals surface area contributed by atoms with Gasteiger partial charge in [-0.1, -0.05) is 29.8 Å². The quantitative estimate of drug-likeness (QED) is 0.681. The maximum Gasteiger partial charge on any atom is 0.325 e. The van der Waals surface area contributed by atoms with Crippen molar-refractivity contribution < 1.29 is 9.59 Å². The highest BCUT2D eigenvalue weighted by atomic mass is 32.1. The number of hydrogen-bond acceptors (Lipinski definition) is 5. The summed E-state index contributed by atoms with van der Waals surface area (Å²) in [7, 11) is 1.85. The van der Waals surface area contributed by atoms with E-state index >= 15 is 0 Å². The Balaban J connectivity index is 1.57. The number of thiazole rings is 1. The number of hydrogen-bond donors (Lipinski definition) is 2. The minimum atomic E-state index is -0.530. The molecule has 0 saturated carbocycles. The van der Waals surface area contributed by atoms with E-state index in [4.69, 9.17) is 0 Å². The lowest BCUT2D eigenvalue weighted by Gasteiger charge is -2.22. The average Bonchev–Trinajstić information content (AvgIpc) is 3.05. The van der Waals surface area contributed by atoms with Crippen LogP contribution in [0.5, 0.6) is 0 Å². The maximum atomic E-state index is 12.5. The van der Waals surface area contributed by atoms with Crippen LogP contribution < -0.4 is 10.6 Å². The summed E-state index contributed by atoms with van der Waals surface area (Å²) in [6.45, 7) is 6.21. The lowest BCUT2D eigenvalue weighted by atomic mass is 10.1. The highest BCUT2D eigenvalue weighted by Crippen LogP contribution is 2.22. The highest BCUT2D eigenvalue weighted by molar-refractivity contribution is 7.18. The molecule has 0 aliphatic carbocycles. The SMILES string of the molecule is Cc1ccc(NC(=O)NC(=O)C(C)N(C)Cc2nc3ccccc3s2)c(C)c1. The average molecular weight is 397 g/mol. The van der Waals surface area contributed by atoms with Gasteiger partial charge in [0.2, 0.25) is 5.91 Å². The summed E-state index contributed by atoms with van der Waals surface area (Å²) in [6.07, 6.45) is 0. The number of aromatic nitrogens is 1. The molecule has 0 radical (unpaired) electrons. The third kappa shape index (κ3) is 4.74. The van der Waals surface area contributed by atoms with Crippen molar-refractivity contribution in [3.8, 4) is 0 Å². The van der Waals surface area contributed by atoms with Gasteiger partial charge in [0, 0.05) is 5.69 Å². The number of nitrogens with zero attached hydrogens (tertiary/aromatic N) is 2. The van der Waals surface area contributed by atoms with E-state index in [2.05, 4.69) is 15.6 Å². The standard InChI is InChI=1S/C21H24N4O2S/c1-13-9-10-16(14(2)11-13)23-21(27)24-20(26)15(3)25(4)12-19-22-17-7-5-6-8-18(17)28-19/h5-11,15H,12H2,1-4H3,(H2,23,24,26,27). The number of anilines is 1. The van der Waals surface area contributed by atoms with Gasteiger partial charge >= 0.3 is 6.03 Å². The largest absolute Gasteiger partial charge is 0.325 e. The summed E-state index contributed by atoms with van der Waals surface area (Å²) in [5, 5.41) is 6.08. The molecule has 7 heteroatoms. The Labute approximate surface area is 168 Å². The number of urea groups is 1. The Hall–Kier alpha value is -2.77. The van der Waals surface area contributed by atoms with Gasteiger partial charge in [-0.25, -0.2) is 9.78 Å². The lowest BCUT2D eigenvalue weighted by molar-refractivity contribution is -0.124. The van der Waals surface area contributed by atoms with Crippen molar-refractivity contribution in [3.63, 3.8) is 0 Å². The lowest BCUT2D eigenvalue weighted by Crippen LogP contribution is -2.46. The summed E-state index contributed by atoms with van der Waals surface area (Å²) in [6, 6.07) is 12.7. The van der Waals surface area contributed by atoms with Crippen molar-refractivity contribution in [2.45, 2.75) is 33.4 Å². The number of aryl methyl sites for hydroxylation is 2. The Kier molecular flexibility index (Phi) is 6.06. The predicted molar refractivity (Wildman–Crippen MR) is 114 cm³/mol. The van der Waals surface area contributed by atoms with Gasteiger partial charge in [0.05, 0.1) is 22.8 Å². The van der Waals surface area contributed by atoms with E-state index in [1.807, 2.05) is 68.3 Å². The van der Waals surface area contributed by atoms with Gasteiger partial charge in [-0.15, -0.1) is 11.3 Å². The zero-order chi connectivity index (χ0) is 20.3. The third-order valence-electron chi connectivity index (χ3n) is 4.63. The first-order valence-electron chi connectivity index (χ1n) is 9.07. The summed E-state index contributed by atoms with van der Waals surface area (Å²) in [5.41, 5.74) is 3.71. The molecule has 1 atom stereocenters. The van der Waals surface area contributed by atoms with Gasteiger partial charge in [-0.2, -0.15) is 0 Å². The van der Waals surface area contributed by atoms with Gasteiger partial charge in [0.25, 0.3) is 0 Å². The molecule has 2 aromatic carbocycles. The Morgan fingerprint density at radius 1 is 1.18 bits per heavy atom. The molecule has 146 valence electrons. The summed E-state index contributed by atoms with van der Waals surface area (Å²) in [4.78, 5) is 31.1. The minimum Gasteiger partial charge on any atom is -0.307 e. The first-order chi connectivity index (χ1) is 13.3. The van der Waals surface area contributed by atoms with E-state index < -0.39 is 12.1 Å². The van der Waals surface area contributed by atoms with E-state index in [-0.39, 0.29) is 5.91 Å². The smallest absolute Gasteiger partial charge is 0.307 e. The van der Waals surface area contributed by atoms with Crippen molar-refractivity contribution >= 4 is 39.2 Å². The minimum absolute atomic E-state index is 0.356. The van der Waals surface area contributed by atoms with Crippen LogP contribution in [0, 0.1) is 13.8 Å². The molecule has 0 aliphatic rings. The van der Waals surface area contributed by atoms with Gasteiger partial charge < -0.3 is 5.32 Å². The van der Waals surface area contributed by atoms with Crippen LogP contribution in [-0.4, -0.2) is 34.9 Å². The number of para-hydroxylation sites is 1. The van der Waals surface area contributed by atoms with Gasteiger partial charge in [0.1, 0.15) is 5.01 Å². The molecule has 28 heavy (non-hydrogen) atoms. The van der Waals surface area contributed by atoms with Crippen LogP contribution in [0.25, 0.3) is 10.2 Å². The first kappa shape index (κ1) is 20.0. The zero-order valence-corrected chi connectivity index (χ0v) is 17.3. The van der Waals surface area contributed by atoms with Crippen LogP contribution in [0.4, 0.5) is 10.5 Å². The van der Waals surface area contributed by atoms with Gasteiger partial charge in [0.15, 0.2) is 0 Å². The topological polar surface area (TPSA) is 74.3 Å². The Bertz CT molecular complexity index is 982. The molecule has 2 N–H and O–H groups in total. The molecule has 0 fully saturated rings. The van der Waals surface area contributed by atoms with Crippen LogP contribution in [0.3, 0.4) is 0 Å². The molecular weight excluding hydrogens is 372 g/mol. The van der Waals surface area contributed by atoms with Crippen LogP contribution in [-0.2, 0) is 11.3 Å². The van der Waals surface area contributed by atoms with Gasteiger partial charge in [-0.05, 0) is 51.6 Å². The number of imide groups is 1. The van der Waals surface area contributed by atoms with Crippen LogP contribution in [0.15, 0.2) is 42.5 Å². The molecule has 0 saturated heterocycles. The maximum absolute atomic E-state index is 12.5. The summed E-state index contributed by atoms with van der Waals surface area (Å²) >= 11 is 1.61. The molecule has 0 bridgehead atoms. The van der Waals surface area contributed by atoms with E-state index in [0.29, 0.717) is 12.2 Å². The van der Waals surface area contributed by atoms with Crippen molar-refractivity contribution in [1.29, 1.82) is 0 Å². The molecule has 1 unspecified atom stereocenters. The summed E-state index contributed by atoms with van der Waals surface area (Å²) in [5.74, 6) is -0.356. The molecule has 0 spiro atoms. The highest BCUT2D eigenvalue weighted by Gasteiger charge is 2.21. The van der Waals surface area contributed by atoms with E-state index in [9.17, 15) is 9.59 Å². The molecule has 6 nitrogen and oxygen atoms in total. The zero-order valence-electron chi connectivity index (χ0n) is 16.4. The monoisotopic (exact) mass is 396 g/mol. The third-order valence-corrected chi connectivity index (χ3v) is 5.65. The first-order valence-corrected chi connectivity index (χ1v) is 9.89. The van der Waals surface area contributed by atoms with Crippen molar-refractivity contribution in [2.75, 3.05) is 12.4 Å². The number of likely N-dealkylation sites (N-methyl/N-ethyl adjacent to an activating group) is 1. The molecule has 0 aliphatic heterocycles. The van der Waals surface area contributed by atoms with E-state index in [1.54, 1.807) is 18.3 Å². The Morgan fingerprint density at radius 2 is 1.93 bits per heavy atom. The number of fused-ring (bicyclic) bond motifs is 1. The molecule has 1 heterocycles. The van der Waals surface area contributed by atoms with E-state index in [0.717, 1.165) is 26.4 Å². The molecular formula is C21H24N4O2S. The van der Waals surface area contributed by atoms with Crippen molar-refractivity contribution in [2.24, 2.45) is 0 Å². The van der Waals surface area contributed by atoms with E-state index in [1.165, 1.54) is 0 Å². The molecule has 3 rings (SSSR count). The number of carbonyl (C=O) groups is 2. The summed E-state index contributed by atoms with van der Waals surface area (Å²) < 4.78 is 1.12. The number of benzene rings is 2. The number of nitrogens with one attached hydrogen (secondary N) is 2. The number of carbonyl (C=O) groups excluding carboxylic acids is 2. The second kappa shape index (κ2) is 8.50. The second-order valence-corrected chi connectivity index (χ2v) is 8.04. The van der Waals surface area contributed by atoms with Crippen LogP contribution in [0.2, 0.25) is 0 Å². The number of rotatable bonds is 5. The molecule has 3 amide bonds. The van der Waals surface area contributed by atoms with Crippen LogP contribution in [0.1, 0.15) is 23.1 Å². The van der Waals surface area contributed by atoms with Crippen molar-refractivity contribution in [1.82, 2.24) is 15.2 Å². The fourth-order valence-electron chi connectivity index (χ4n) is 2.86. The van der Waals surface area contributed by atoms with Crippen molar-refractivity contribution in [3.05, 3.63) is 58.6 Å². The molecule has 1 aromatic heterocycles. The fraction of sp³-hybridized carbons (Fsp3) is 0.286.